The summed E-state index contributed by atoms with van der Waals surface area (Å²) >= 11 is 8.87. The van der Waals surface area contributed by atoms with Crippen LogP contribution in [-0.4, -0.2) is 59.5 Å². The van der Waals surface area contributed by atoms with Crippen LogP contribution in [0.1, 0.15) is 44.8 Å². The van der Waals surface area contributed by atoms with Crippen molar-refractivity contribution >= 4 is 50.8 Å². The van der Waals surface area contributed by atoms with Crippen LogP contribution < -0.4 is 15.4 Å². The summed E-state index contributed by atoms with van der Waals surface area (Å²) in [4.78, 5) is 31.1. The molecule has 1 saturated heterocycles. The first-order valence-electron chi connectivity index (χ1n) is 14.2. The van der Waals surface area contributed by atoms with Crippen LogP contribution in [-0.2, 0) is 0 Å². The van der Waals surface area contributed by atoms with Gasteiger partial charge in [-0.1, -0.05) is 88.7 Å². The molecule has 220 valence electrons. The maximum atomic E-state index is 13.7. The second-order valence-electron chi connectivity index (χ2n) is 10.1. The fourth-order valence-electron chi connectivity index (χ4n) is 5.30. The van der Waals surface area contributed by atoms with Gasteiger partial charge in [-0.2, -0.15) is 0 Å². The molecular formula is C34H33BrN4O3S. The highest BCUT2D eigenvalue weighted by molar-refractivity contribution is 9.10. The van der Waals surface area contributed by atoms with E-state index in [2.05, 4.69) is 80.0 Å². The number of carbonyl (C=O) groups excluding carboxylic acids is 2. The van der Waals surface area contributed by atoms with E-state index >= 15 is 0 Å². The Morgan fingerprint density at radius 2 is 1.44 bits per heavy atom. The molecule has 0 spiro atoms. The minimum atomic E-state index is -0.409. The maximum Gasteiger partial charge on any atom is 0.261 e. The summed E-state index contributed by atoms with van der Waals surface area (Å²) in [6.07, 6.45) is 0. The van der Waals surface area contributed by atoms with Crippen molar-refractivity contribution in [2.24, 2.45) is 0 Å². The molecule has 0 aliphatic carbocycles. The fourth-order valence-corrected chi connectivity index (χ4v) is 5.87. The summed E-state index contributed by atoms with van der Waals surface area (Å²) in [5.74, 6) is -0.0328. The zero-order chi connectivity index (χ0) is 30.2. The van der Waals surface area contributed by atoms with E-state index in [1.165, 1.54) is 11.1 Å². The van der Waals surface area contributed by atoms with E-state index in [1.54, 1.807) is 24.3 Å². The number of hydrogen-bond donors (Lipinski definition) is 2. The minimum absolute atomic E-state index is 0.0847. The van der Waals surface area contributed by atoms with Gasteiger partial charge < -0.3 is 15.0 Å². The molecule has 0 radical (unpaired) electrons. The molecule has 1 aliphatic rings. The summed E-state index contributed by atoms with van der Waals surface area (Å²) in [7, 11) is 0. The van der Waals surface area contributed by atoms with Gasteiger partial charge in [0.2, 0.25) is 0 Å². The molecule has 43 heavy (non-hydrogen) atoms. The molecule has 1 aliphatic heterocycles. The van der Waals surface area contributed by atoms with E-state index in [9.17, 15) is 9.59 Å². The van der Waals surface area contributed by atoms with Crippen molar-refractivity contribution in [1.82, 2.24) is 15.1 Å². The second kappa shape index (κ2) is 14.4. The van der Waals surface area contributed by atoms with E-state index in [0.29, 0.717) is 42.3 Å². The lowest BCUT2D eigenvalue weighted by atomic mass is 9.96. The minimum Gasteiger partial charge on any atom is -0.493 e. The number of rotatable bonds is 8. The van der Waals surface area contributed by atoms with Gasteiger partial charge in [0.25, 0.3) is 11.8 Å². The van der Waals surface area contributed by atoms with Crippen LogP contribution in [0.25, 0.3) is 0 Å². The van der Waals surface area contributed by atoms with Crippen molar-refractivity contribution in [2.75, 3.05) is 38.1 Å². The van der Waals surface area contributed by atoms with Gasteiger partial charge in [-0.3, -0.25) is 19.8 Å². The van der Waals surface area contributed by atoms with Crippen molar-refractivity contribution in [3.63, 3.8) is 0 Å². The van der Waals surface area contributed by atoms with Gasteiger partial charge >= 0.3 is 0 Å². The van der Waals surface area contributed by atoms with Crippen LogP contribution >= 0.6 is 28.1 Å². The largest absolute Gasteiger partial charge is 0.493 e. The van der Waals surface area contributed by atoms with E-state index in [0.717, 1.165) is 17.6 Å². The van der Waals surface area contributed by atoms with Crippen LogP contribution in [0.2, 0.25) is 0 Å². The van der Waals surface area contributed by atoms with Crippen LogP contribution in [0.15, 0.2) is 108 Å². The Morgan fingerprint density at radius 1 is 0.837 bits per heavy atom. The van der Waals surface area contributed by atoms with Crippen LogP contribution in [0.5, 0.6) is 5.75 Å². The number of amides is 2. The van der Waals surface area contributed by atoms with Gasteiger partial charge in [0, 0.05) is 30.7 Å². The molecule has 1 fully saturated rings. The van der Waals surface area contributed by atoms with E-state index in [1.807, 2.05) is 42.2 Å². The smallest absolute Gasteiger partial charge is 0.261 e. The summed E-state index contributed by atoms with van der Waals surface area (Å²) < 4.78 is 6.35. The van der Waals surface area contributed by atoms with Gasteiger partial charge in [0.1, 0.15) is 5.75 Å². The van der Waals surface area contributed by atoms with Crippen LogP contribution in [0.4, 0.5) is 5.69 Å². The third-order valence-corrected chi connectivity index (χ3v) is 8.01. The van der Waals surface area contributed by atoms with E-state index in [-0.39, 0.29) is 17.1 Å². The van der Waals surface area contributed by atoms with E-state index in [4.69, 9.17) is 17.0 Å². The van der Waals surface area contributed by atoms with Gasteiger partial charge in [-0.25, -0.2) is 0 Å². The van der Waals surface area contributed by atoms with Crippen molar-refractivity contribution in [2.45, 2.75) is 13.0 Å². The molecule has 1 heterocycles. The molecule has 2 amide bonds. The topological polar surface area (TPSA) is 73.9 Å². The average Bonchev–Trinajstić information content (AvgIpc) is 3.03. The lowest BCUT2D eigenvalue weighted by Crippen LogP contribution is -2.50. The van der Waals surface area contributed by atoms with Crippen molar-refractivity contribution in [3.8, 4) is 5.75 Å². The molecule has 0 saturated carbocycles. The SMILES string of the molecule is CCOc1ccc(Br)cc1C(=O)NC(=S)Nc1ccccc1C(=O)N1CCN(C(c2ccccc2)c2ccccc2)CC1. The van der Waals surface area contributed by atoms with Gasteiger partial charge in [0.15, 0.2) is 5.11 Å². The molecule has 0 aromatic heterocycles. The van der Waals surface area contributed by atoms with Crippen molar-refractivity contribution in [1.29, 1.82) is 0 Å². The molecule has 7 nitrogen and oxygen atoms in total. The number of anilines is 1. The first kappa shape index (κ1) is 30.4. The lowest BCUT2D eigenvalue weighted by molar-refractivity contribution is 0.0598. The van der Waals surface area contributed by atoms with E-state index < -0.39 is 5.91 Å². The number of para-hydroxylation sites is 1. The monoisotopic (exact) mass is 656 g/mol. The van der Waals surface area contributed by atoms with Gasteiger partial charge in [0.05, 0.1) is 29.5 Å². The lowest BCUT2D eigenvalue weighted by Gasteiger charge is -2.40. The Labute approximate surface area is 266 Å². The number of piperazine rings is 1. The Balaban J connectivity index is 1.25. The quantitative estimate of drug-likeness (QED) is 0.210. The Hall–Kier alpha value is -4.05. The van der Waals surface area contributed by atoms with Crippen LogP contribution in [0.3, 0.4) is 0 Å². The Morgan fingerprint density at radius 3 is 2.07 bits per heavy atom. The first-order chi connectivity index (χ1) is 20.9. The highest BCUT2D eigenvalue weighted by Crippen LogP contribution is 2.30. The number of benzene rings is 4. The van der Waals surface area contributed by atoms with Crippen LogP contribution in [0, 0.1) is 0 Å². The molecule has 2 N–H and O–H groups in total. The Kier molecular flexibility index (Phi) is 10.2. The predicted octanol–water partition coefficient (Wildman–Crippen LogP) is 6.52. The Bertz CT molecular complexity index is 1540. The molecule has 0 bridgehead atoms. The summed E-state index contributed by atoms with van der Waals surface area (Å²) in [5.41, 5.74) is 3.84. The van der Waals surface area contributed by atoms with Gasteiger partial charge in [-0.15, -0.1) is 0 Å². The summed E-state index contributed by atoms with van der Waals surface area (Å²) in [5, 5.41) is 5.86. The number of hydrogen-bond acceptors (Lipinski definition) is 5. The third kappa shape index (κ3) is 7.48. The fraction of sp³-hybridized carbons (Fsp3) is 0.206. The highest BCUT2D eigenvalue weighted by Gasteiger charge is 2.29. The number of thiocarbonyl (C=S) groups is 1. The number of nitrogens with one attached hydrogen (secondary N) is 2. The summed E-state index contributed by atoms with van der Waals surface area (Å²) in [6, 6.07) is 33.5. The van der Waals surface area contributed by atoms with Gasteiger partial charge in [-0.05, 0) is 60.6 Å². The van der Waals surface area contributed by atoms with Crippen molar-refractivity contribution in [3.05, 3.63) is 130 Å². The summed E-state index contributed by atoms with van der Waals surface area (Å²) in [6.45, 7) is 4.93. The zero-order valence-corrected chi connectivity index (χ0v) is 26.2. The maximum absolute atomic E-state index is 13.7. The number of ether oxygens (including phenoxy) is 1. The average molecular weight is 658 g/mol. The standard InChI is InChI=1S/C34H33BrN4O3S/c1-2-42-30-18-17-26(35)23-28(30)32(40)37-34(43)36-29-16-10-9-15-27(29)33(41)39-21-19-38(20-22-39)31(24-11-5-3-6-12-24)25-13-7-4-8-14-25/h3-18,23,31H,2,19-22H2,1H3,(H2,36,37,40,43). The molecule has 4 aromatic carbocycles. The number of carbonyl (C=O) groups is 2. The normalized spacial score (nSPS) is 13.4. The molecule has 5 rings (SSSR count). The first-order valence-corrected chi connectivity index (χ1v) is 15.4. The predicted molar refractivity (Wildman–Crippen MR) is 178 cm³/mol. The highest BCUT2D eigenvalue weighted by atomic mass is 79.9. The zero-order valence-electron chi connectivity index (χ0n) is 23.8. The molecular weight excluding hydrogens is 624 g/mol. The number of nitrogens with zero attached hydrogens (tertiary/aromatic N) is 2. The third-order valence-electron chi connectivity index (χ3n) is 7.32. The number of halogens is 1. The molecule has 0 atom stereocenters. The molecule has 9 heteroatoms. The van der Waals surface area contributed by atoms with Crippen molar-refractivity contribution < 1.29 is 14.3 Å². The molecule has 0 unspecified atom stereocenters. The molecule has 4 aromatic rings. The second-order valence-corrected chi connectivity index (χ2v) is 11.4.